The lowest BCUT2D eigenvalue weighted by molar-refractivity contribution is 0.340. The third-order valence-electron chi connectivity index (χ3n) is 4.70. The zero-order valence-corrected chi connectivity index (χ0v) is 17.7. The molecule has 0 spiro atoms. The van der Waals surface area contributed by atoms with Gasteiger partial charge >= 0.3 is 0 Å². The second-order valence-corrected chi connectivity index (χ2v) is 8.14. The first-order valence-corrected chi connectivity index (χ1v) is 10.4. The van der Waals surface area contributed by atoms with Crippen LogP contribution in [0.3, 0.4) is 0 Å². The van der Waals surface area contributed by atoms with Crippen LogP contribution in [0, 0.1) is 20.8 Å². The predicted molar refractivity (Wildman–Crippen MR) is 120 cm³/mol. The van der Waals surface area contributed by atoms with Crippen molar-refractivity contribution in [2.45, 2.75) is 27.7 Å². The summed E-state index contributed by atoms with van der Waals surface area (Å²) in [6, 6.07) is 13.6. The molecule has 0 aliphatic heterocycles. The molecule has 4 aromatic rings. The molecule has 0 unspecified atom stereocenters. The molecule has 0 atom stereocenters. The van der Waals surface area contributed by atoms with E-state index in [2.05, 4.69) is 34.3 Å². The highest BCUT2D eigenvalue weighted by atomic mass is 32.1. The molecule has 6 heteroatoms. The highest BCUT2D eigenvalue weighted by Crippen LogP contribution is 2.42. The van der Waals surface area contributed by atoms with Crippen LogP contribution in [-0.4, -0.2) is 21.7 Å². The number of aryl methyl sites for hydroxylation is 3. The number of nitrogens with zero attached hydrogens (tertiary/aromatic N) is 2. The van der Waals surface area contributed by atoms with Crippen molar-refractivity contribution >= 4 is 33.1 Å². The Kier molecular flexibility index (Phi) is 5.11. The topological polar surface area (TPSA) is 67.3 Å². The summed E-state index contributed by atoms with van der Waals surface area (Å²) < 4.78 is 5.58. The molecule has 0 saturated carbocycles. The van der Waals surface area contributed by atoms with Gasteiger partial charge in [0.25, 0.3) is 0 Å². The molecular formula is C23H23N3O2S. The van der Waals surface area contributed by atoms with Crippen LogP contribution < -0.4 is 10.1 Å². The first-order valence-electron chi connectivity index (χ1n) is 9.54. The number of rotatable bonds is 5. The zero-order valence-electron chi connectivity index (χ0n) is 16.9. The lowest BCUT2D eigenvalue weighted by Gasteiger charge is -2.12. The van der Waals surface area contributed by atoms with Crippen molar-refractivity contribution in [2.24, 2.45) is 0 Å². The molecule has 0 bridgehead atoms. The second kappa shape index (κ2) is 7.72. The van der Waals surface area contributed by atoms with Gasteiger partial charge in [0.2, 0.25) is 0 Å². The molecule has 148 valence electrons. The predicted octanol–water partition coefficient (Wildman–Crippen LogP) is 6.13. The quantitative estimate of drug-likeness (QED) is 0.391. The number of fused-ring (bicyclic) bond motifs is 1. The maximum absolute atomic E-state index is 10.3. The van der Waals surface area contributed by atoms with Crippen molar-refractivity contribution in [3.05, 3.63) is 58.7 Å². The summed E-state index contributed by atoms with van der Waals surface area (Å²) in [4.78, 5) is 11.4. The number of thiophene rings is 1. The number of phenols is 1. The molecule has 5 nitrogen and oxygen atoms in total. The van der Waals surface area contributed by atoms with Crippen LogP contribution in [0.1, 0.15) is 23.2 Å². The fraction of sp³-hybridized carbons (Fsp3) is 0.217. The van der Waals surface area contributed by atoms with Gasteiger partial charge in [-0.1, -0.05) is 18.2 Å². The molecule has 0 fully saturated rings. The van der Waals surface area contributed by atoms with Gasteiger partial charge in [-0.25, -0.2) is 9.97 Å². The molecule has 29 heavy (non-hydrogen) atoms. The fourth-order valence-corrected chi connectivity index (χ4v) is 4.51. The summed E-state index contributed by atoms with van der Waals surface area (Å²) in [6.45, 7) is 8.59. The molecule has 4 rings (SSSR count). The zero-order chi connectivity index (χ0) is 20.5. The third-order valence-corrected chi connectivity index (χ3v) is 5.70. The Balaban J connectivity index is 1.88. The average molecular weight is 406 g/mol. The summed E-state index contributed by atoms with van der Waals surface area (Å²) in [5.74, 6) is 2.42. The molecule has 0 saturated heterocycles. The molecule has 0 aliphatic carbocycles. The van der Waals surface area contributed by atoms with Crippen molar-refractivity contribution in [1.29, 1.82) is 0 Å². The molecular weight excluding hydrogens is 382 g/mol. The number of phenolic OH excluding ortho intramolecular Hbond substituents is 1. The second-order valence-electron chi connectivity index (χ2n) is 6.94. The Morgan fingerprint density at radius 3 is 2.52 bits per heavy atom. The smallest absolute Gasteiger partial charge is 0.143 e. The van der Waals surface area contributed by atoms with Gasteiger partial charge in [-0.2, -0.15) is 0 Å². The number of anilines is 2. The van der Waals surface area contributed by atoms with E-state index in [1.54, 1.807) is 17.4 Å². The Bertz CT molecular complexity index is 1180. The lowest BCUT2D eigenvalue weighted by atomic mass is 10.0. The standard InChI is InChI=1S/C23H23N3O2S/c1-5-28-17-9-7-16(8-10-17)20-14(3)29-23-21(20)22(24-15(4)25-23)26-18-12-13(2)6-11-19(18)27/h6-12,27H,5H2,1-4H3,(H,24,25,26). The summed E-state index contributed by atoms with van der Waals surface area (Å²) in [6.07, 6.45) is 0. The van der Waals surface area contributed by atoms with Crippen LogP contribution in [0.5, 0.6) is 11.5 Å². The van der Waals surface area contributed by atoms with Crippen molar-refractivity contribution < 1.29 is 9.84 Å². The van der Waals surface area contributed by atoms with Crippen LogP contribution in [-0.2, 0) is 0 Å². The Morgan fingerprint density at radius 1 is 1.03 bits per heavy atom. The van der Waals surface area contributed by atoms with Gasteiger partial charge in [0.05, 0.1) is 17.7 Å². The largest absolute Gasteiger partial charge is 0.506 e. The molecule has 0 amide bonds. The van der Waals surface area contributed by atoms with E-state index in [4.69, 9.17) is 4.74 Å². The maximum atomic E-state index is 10.3. The minimum absolute atomic E-state index is 0.189. The number of aromatic nitrogens is 2. The maximum Gasteiger partial charge on any atom is 0.143 e. The van der Waals surface area contributed by atoms with Gasteiger partial charge in [-0.3, -0.25) is 0 Å². The molecule has 0 aliphatic rings. The molecule has 0 radical (unpaired) electrons. The van der Waals surface area contributed by atoms with Gasteiger partial charge in [0.1, 0.15) is 28.0 Å². The Labute approximate surface area is 174 Å². The minimum Gasteiger partial charge on any atom is -0.506 e. The molecule has 2 N–H and O–H groups in total. The average Bonchev–Trinajstić information content (AvgIpc) is 3.01. The number of hydrogen-bond donors (Lipinski definition) is 2. The fourth-order valence-electron chi connectivity index (χ4n) is 3.42. The van der Waals surface area contributed by atoms with Crippen molar-refractivity contribution in [3.63, 3.8) is 0 Å². The summed E-state index contributed by atoms with van der Waals surface area (Å²) in [7, 11) is 0. The van der Waals surface area contributed by atoms with E-state index in [0.29, 0.717) is 23.9 Å². The number of benzene rings is 2. The lowest BCUT2D eigenvalue weighted by Crippen LogP contribution is -1.99. The number of ether oxygens (including phenoxy) is 1. The number of nitrogens with one attached hydrogen (secondary N) is 1. The van der Waals surface area contributed by atoms with E-state index >= 15 is 0 Å². The van der Waals surface area contributed by atoms with Crippen LogP contribution in [0.25, 0.3) is 21.3 Å². The van der Waals surface area contributed by atoms with E-state index in [-0.39, 0.29) is 5.75 Å². The van der Waals surface area contributed by atoms with E-state index in [1.165, 1.54) is 4.88 Å². The van der Waals surface area contributed by atoms with Crippen molar-refractivity contribution in [1.82, 2.24) is 9.97 Å². The summed E-state index contributed by atoms with van der Waals surface area (Å²) in [5.41, 5.74) is 3.87. The Hall–Kier alpha value is -3.12. The van der Waals surface area contributed by atoms with Crippen LogP contribution >= 0.6 is 11.3 Å². The Morgan fingerprint density at radius 2 is 1.79 bits per heavy atom. The van der Waals surface area contributed by atoms with E-state index in [9.17, 15) is 5.11 Å². The van der Waals surface area contributed by atoms with Gasteiger partial charge in [-0.05, 0) is 63.1 Å². The first kappa shape index (κ1) is 19.2. The molecule has 2 aromatic heterocycles. The minimum atomic E-state index is 0.189. The van der Waals surface area contributed by atoms with Crippen molar-refractivity contribution in [3.8, 4) is 22.6 Å². The van der Waals surface area contributed by atoms with Crippen LogP contribution in [0.15, 0.2) is 42.5 Å². The summed E-state index contributed by atoms with van der Waals surface area (Å²) >= 11 is 1.65. The first-order chi connectivity index (χ1) is 14.0. The van der Waals surface area contributed by atoms with Crippen LogP contribution in [0.4, 0.5) is 11.5 Å². The van der Waals surface area contributed by atoms with Gasteiger partial charge in [-0.15, -0.1) is 11.3 Å². The summed E-state index contributed by atoms with van der Waals surface area (Å²) in [5, 5.41) is 14.6. The van der Waals surface area contributed by atoms with Gasteiger partial charge in [0, 0.05) is 10.4 Å². The van der Waals surface area contributed by atoms with E-state index in [1.807, 2.05) is 45.0 Å². The SMILES string of the molecule is CCOc1ccc(-c2c(C)sc3nc(C)nc(Nc4cc(C)ccc4O)c23)cc1. The van der Waals surface area contributed by atoms with Crippen LogP contribution in [0.2, 0.25) is 0 Å². The van der Waals surface area contributed by atoms with Crippen molar-refractivity contribution in [2.75, 3.05) is 11.9 Å². The normalized spacial score (nSPS) is 11.0. The van der Waals surface area contributed by atoms with Gasteiger partial charge in [0.15, 0.2) is 0 Å². The number of aromatic hydroxyl groups is 1. The highest BCUT2D eigenvalue weighted by Gasteiger charge is 2.19. The molecule has 2 heterocycles. The third kappa shape index (κ3) is 3.76. The number of hydrogen-bond acceptors (Lipinski definition) is 6. The monoisotopic (exact) mass is 405 g/mol. The van der Waals surface area contributed by atoms with Gasteiger partial charge < -0.3 is 15.2 Å². The van der Waals surface area contributed by atoms with E-state index < -0.39 is 0 Å². The van der Waals surface area contributed by atoms with E-state index in [0.717, 1.165) is 32.7 Å². The molecule has 2 aromatic carbocycles. The highest BCUT2D eigenvalue weighted by molar-refractivity contribution is 7.19.